The first-order chi connectivity index (χ1) is 8.56. The fourth-order valence-corrected chi connectivity index (χ4v) is 1.54. The van der Waals surface area contributed by atoms with Gasteiger partial charge in [-0.15, -0.1) is 0 Å². The van der Waals surface area contributed by atoms with Crippen LogP contribution in [0.1, 0.15) is 18.0 Å². The molecule has 0 radical (unpaired) electrons. The number of nitrogens with one attached hydrogen (secondary N) is 1. The summed E-state index contributed by atoms with van der Waals surface area (Å²) in [5, 5.41) is 2.51. The lowest BCUT2D eigenvalue weighted by atomic mass is 10.1. The lowest BCUT2D eigenvalue weighted by molar-refractivity contribution is -0.132. The van der Waals surface area contributed by atoms with E-state index in [2.05, 4.69) is 5.32 Å². The Morgan fingerprint density at radius 2 is 1.94 bits per heavy atom. The van der Waals surface area contributed by atoms with Gasteiger partial charge in [-0.3, -0.25) is 9.59 Å². The number of hydrogen-bond donors (Lipinski definition) is 2. The number of hydrogen-bond acceptors (Lipinski definition) is 3. The van der Waals surface area contributed by atoms with E-state index < -0.39 is 6.04 Å². The largest absolute Gasteiger partial charge is 0.359 e. The van der Waals surface area contributed by atoms with E-state index in [-0.39, 0.29) is 18.2 Å². The predicted octanol–water partition coefficient (Wildman–Crippen LogP) is 0.281. The van der Waals surface area contributed by atoms with E-state index in [0.29, 0.717) is 6.54 Å². The highest BCUT2D eigenvalue weighted by atomic mass is 16.2. The van der Waals surface area contributed by atoms with E-state index in [1.54, 1.807) is 14.1 Å². The Labute approximate surface area is 107 Å². The Hall–Kier alpha value is -1.88. The molecule has 98 valence electrons. The molecule has 0 aromatic heterocycles. The summed E-state index contributed by atoms with van der Waals surface area (Å²) >= 11 is 0. The molecular formula is C13H19N3O2. The van der Waals surface area contributed by atoms with Crippen molar-refractivity contribution in [2.45, 2.75) is 12.5 Å². The Morgan fingerprint density at radius 1 is 1.33 bits per heavy atom. The molecule has 18 heavy (non-hydrogen) atoms. The fraction of sp³-hybridized carbons (Fsp3) is 0.385. The van der Waals surface area contributed by atoms with Crippen LogP contribution in [0.5, 0.6) is 0 Å². The maximum absolute atomic E-state index is 12.0. The van der Waals surface area contributed by atoms with Crippen LogP contribution in [0, 0.1) is 0 Å². The van der Waals surface area contributed by atoms with Gasteiger partial charge in [0.2, 0.25) is 11.8 Å². The van der Waals surface area contributed by atoms with E-state index >= 15 is 0 Å². The van der Waals surface area contributed by atoms with Gasteiger partial charge in [-0.1, -0.05) is 30.3 Å². The van der Waals surface area contributed by atoms with Crippen molar-refractivity contribution < 1.29 is 9.59 Å². The summed E-state index contributed by atoms with van der Waals surface area (Å²) in [5.41, 5.74) is 6.66. The van der Waals surface area contributed by atoms with Crippen LogP contribution < -0.4 is 11.1 Å². The van der Waals surface area contributed by atoms with Crippen molar-refractivity contribution in [1.82, 2.24) is 10.2 Å². The zero-order chi connectivity index (χ0) is 13.5. The monoisotopic (exact) mass is 249 g/mol. The smallest absolute Gasteiger partial charge is 0.243 e. The molecule has 0 bridgehead atoms. The highest BCUT2D eigenvalue weighted by molar-refractivity contribution is 5.83. The van der Waals surface area contributed by atoms with E-state index in [1.165, 1.54) is 4.90 Å². The first kappa shape index (κ1) is 14.2. The molecule has 1 atom stereocenters. The van der Waals surface area contributed by atoms with Crippen molar-refractivity contribution in [2.24, 2.45) is 5.73 Å². The van der Waals surface area contributed by atoms with Crippen LogP contribution in [0.25, 0.3) is 0 Å². The number of benzene rings is 1. The van der Waals surface area contributed by atoms with Crippen molar-refractivity contribution >= 4 is 11.8 Å². The molecule has 0 fully saturated rings. The molecule has 1 aromatic carbocycles. The summed E-state index contributed by atoms with van der Waals surface area (Å²) in [6, 6.07) is 8.50. The molecule has 1 aromatic rings. The predicted molar refractivity (Wildman–Crippen MR) is 69.7 cm³/mol. The van der Waals surface area contributed by atoms with Gasteiger partial charge in [-0.05, 0) is 5.56 Å². The summed E-state index contributed by atoms with van der Waals surface area (Å²) < 4.78 is 0. The van der Waals surface area contributed by atoms with E-state index in [1.807, 2.05) is 30.3 Å². The fourth-order valence-electron chi connectivity index (χ4n) is 1.54. The third-order valence-electron chi connectivity index (χ3n) is 2.75. The minimum Gasteiger partial charge on any atom is -0.359 e. The molecule has 1 unspecified atom stereocenters. The van der Waals surface area contributed by atoms with Crippen LogP contribution in [0.2, 0.25) is 0 Å². The van der Waals surface area contributed by atoms with Gasteiger partial charge in [0.15, 0.2) is 0 Å². The quantitative estimate of drug-likeness (QED) is 0.787. The summed E-state index contributed by atoms with van der Waals surface area (Å²) in [6.45, 7) is 0.360. The Morgan fingerprint density at radius 3 is 2.50 bits per heavy atom. The molecule has 0 saturated carbocycles. The molecule has 5 heteroatoms. The molecule has 5 nitrogen and oxygen atoms in total. The average Bonchev–Trinajstić information content (AvgIpc) is 2.43. The van der Waals surface area contributed by atoms with E-state index in [4.69, 9.17) is 5.73 Å². The number of carbonyl (C=O) groups is 2. The van der Waals surface area contributed by atoms with Gasteiger partial charge in [-0.25, -0.2) is 0 Å². The number of rotatable bonds is 5. The van der Waals surface area contributed by atoms with Crippen LogP contribution in [0.4, 0.5) is 0 Å². The number of amides is 2. The maximum atomic E-state index is 12.0. The van der Waals surface area contributed by atoms with Crippen molar-refractivity contribution in [1.29, 1.82) is 0 Å². The minimum absolute atomic E-state index is 0.0945. The van der Waals surface area contributed by atoms with Gasteiger partial charge in [-0.2, -0.15) is 0 Å². The zero-order valence-electron chi connectivity index (χ0n) is 10.7. The number of likely N-dealkylation sites (N-methyl/N-ethyl adjacent to an activating group) is 1. The third kappa shape index (κ3) is 3.85. The molecule has 3 N–H and O–H groups in total. The lowest BCUT2D eigenvalue weighted by Gasteiger charge is -2.21. The summed E-state index contributed by atoms with van der Waals surface area (Å²) in [5.74, 6) is -0.284. The highest BCUT2D eigenvalue weighted by Crippen LogP contribution is 2.12. The van der Waals surface area contributed by atoms with Gasteiger partial charge >= 0.3 is 0 Å². The molecule has 0 heterocycles. The van der Waals surface area contributed by atoms with Crippen LogP contribution in [0.3, 0.4) is 0 Å². The molecular weight excluding hydrogens is 230 g/mol. The topological polar surface area (TPSA) is 75.4 Å². The van der Waals surface area contributed by atoms with Gasteiger partial charge in [0, 0.05) is 27.1 Å². The third-order valence-corrected chi connectivity index (χ3v) is 2.75. The van der Waals surface area contributed by atoms with E-state index in [9.17, 15) is 9.59 Å². The second kappa shape index (κ2) is 6.76. The first-order valence-corrected chi connectivity index (χ1v) is 5.82. The molecule has 0 aliphatic carbocycles. The van der Waals surface area contributed by atoms with Crippen molar-refractivity contribution in [2.75, 3.05) is 20.6 Å². The second-order valence-electron chi connectivity index (χ2n) is 4.07. The van der Waals surface area contributed by atoms with Crippen LogP contribution in [-0.2, 0) is 9.59 Å². The standard InChI is InChI=1S/C13H19N3O2/c1-15-11(17)8-9-16(2)13(18)12(14)10-6-4-3-5-7-10/h3-7,12H,8-9,14H2,1-2H3,(H,15,17). The molecule has 1 rings (SSSR count). The number of carbonyl (C=O) groups excluding carboxylic acids is 2. The number of nitrogens with zero attached hydrogens (tertiary/aromatic N) is 1. The SMILES string of the molecule is CNC(=O)CCN(C)C(=O)C(N)c1ccccc1. The van der Waals surface area contributed by atoms with E-state index in [0.717, 1.165) is 5.56 Å². The van der Waals surface area contributed by atoms with Crippen LogP contribution in [0.15, 0.2) is 30.3 Å². The molecule has 0 spiro atoms. The first-order valence-electron chi connectivity index (χ1n) is 5.82. The second-order valence-corrected chi connectivity index (χ2v) is 4.07. The zero-order valence-corrected chi connectivity index (χ0v) is 10.7. The summed E-state index contributed by atoms with van der Waals surface area (Å²) in [7, 11) is 3.22. The van der Waals surface area contributed by atoms with Crippen molar-refractivity contribution in [3.8, 4) is 0 Å². The maximum Gasteiger partial charge on any atom is 0.243 e. The Bertz CT molecular complexity index is 406. The van der Waals surface area contributed by atoms with Gasteiger partial charge in [0.1, 0.15) is 6.04 Å². The molecule has 0 aliphatic heterocycles. The average molecular weight is 249 g/mol. The Balaban J connectivity index is 2.56. The van der Waals surface area contributed by atoms with Crippen molar-refractivity contribution in [3.05, 3.63) is 35.9 Å². The van der Waals surface area contributed by atoms with Gasteiger partial charge < -0.3 is 16.0 Å². The highest BCUT2D eigenvalue weighted by Gasteiger charge is 2.19. The molecule has 0 saturated heterocycles. The number of nitrogens with two attached hydrogens (primary N) is 1. The van der Waals surface area contributed by atoms with Crippen LogP contribution in [-0.4, -0.2) is 37.4 Å². The summed E-state index contributed by atoms with van der Waals surface area (Å²) in [4.78, 5) is 24.6. The molecule has 0 aliphatic rings. The lowest BCUT2D eigenvalue weighted by Crippen LogP contribution is -2.37. The Kier molecular flexibility index (Phi) is 5.32. The normalized spacial score (nSPS) is 11.7. The van der Waals surface area contributed by atoms with Crippen LogP contribution >= 0.6 is 0 Å². The van der Waals surface area contributed by atoms with Gasteiger partial charge in [0.25, 0.3) is 0 Å². The summed E-state index contributed by atoms with van der Waals surface area (Å²) in [6.07, 6.45) is 0.278. The minimum atomic E-state index is -0.680. The van der Waals surface area contributed by atoms with Crippen molar-refractivity contribution in [3.63, 3.8) is 0 Å². The molecule has 2 amide bonds. The van der Waals surface area contributed by atoms with Gasteiger partial charge in [0.05, 0.1) is 0 Å².